The maximum absolute atomic E-state index is 13.9. The quantitative estimate of drug-likeness (QED) is 0.215. The Labute approximate surface area is 207 Å². The van der Waals surface area contributed by atoms with Crippen molar-refractivity contribution in [1.29, 1.82) is 0 Å². The van der Waals surface area contributed by atoms with E-state index in [9.17, 15) is 9.18 Å². The van der Waals surface area contributed by atoms with E-state index in [1.807, 2.05) is 18.2 Å². The molecule has 3 aromatic carbocycles. The predicted molar refractivity (Wildman–Crippen MR) is 136 cm³/mol. The topological polar surface area (TPSA) is 56.8 Å². The fourth-order valence-corrected chi connectivity index (χ4v) is 3.68. The maximum atomic E-state index is 13.9. The lowest BCUT2D eigenvalue weighted by Crippen LogP contribution is -2.09. The lowest BCUT2D eigenvalue weighted by molar-refractivity contribution is -0.111. The van der Waals surface area contributed by atoms with Gasteiger partial charge in [-0.3, -0.25) is 4.79 Å². The average Bonchev–Trinajstić information content (AvgIpc) is 2.84. The van der Waals surface area contributed by atoms with Gasteiger partial charge in [-0.25, -0.2) is 4.39 Å². The molecule has 0 aliphatic rings. The molecule has 0 aliphatic heterocycles. The molecule has 0 atom stereocenters. The average molecular weight is 528 g/mol. The predicted octanol–water partition coefficient (Wildman–Crippen LogP) is 7.01. The summed E-state index contributed by atoms with van der Waals surface area (Å²) in [4.78, 5) is 12.5. The molecule has 1 amide bonds. The smallest absolute Gasteiger partial charge is 0.248 e. The van der Waals surface area contributed by atoms with Gasteiger partial charge in [0.2, 0.25) is 5.91 Å². The Balaban J connectivity index is 1.68. The Morgan fingerprint density at radius 3 is 2.59 bits per heavy atom. The summed E-state index contributed by atoms with van der Waals surface area (Å²) in [5, 5.41) is 2.85. The first-order chi connectivity index (χ1) is 16.5. The maximum Gasteiger partial charge on any atom is 0.248 e. The standard InChI is InChI=1S/C27H27BrFNO4/c1-3-4-15-33-24-12-8-7-11-23(24)30-26(31)14-13-19-16-21(28)27(25(17-19)32-2)34-18-20-9-5-6-10-22(20)29/h5-14,16-17H,3-4,15,18H2,1-2H3,(H,30,31)/b14-13+. The number of hydrogen-bond acceptors (Lipinski definition) is 4. The largest absolute Gasteiger partial charge is 0.493 e. The number of rotatable bonds is 11. The van der Waals surface area contributed by atoms with Gasteiger partial charge in [0.05, 0.1) is 23.9 Å². The van der Waals surface area contributed by atoms with Crippen molar-refractivity contribution in [2.75, 3.05) is 19.0 Å². The molecular weight excluding hydrogens is 501 g/mol. The van der Waals surface area contributed by atoms with E-state index >= 15 is 0 Å². The molecule has 3 aromatic rings. The van der Waals surface area contributed by atoms with Gasteiger partial charge < -0.3 is 19.5 Å². The number of anilines is 1. The van der Waals surface area contributed by atoms with Crippen molar-refractivity contribution in [3.8, 4) is 17.2 Å². The molecule has 0 radical (unpaired) electrons. The van der Waals surface area contributed by atoms with E-state index in [1.165, 1.54) is 19.3 Å². The Bertz CT molecular complexity index is 1150. The summed E-state index contributed by atoms with van der Waals surface area (Å²) >= 11 is 3.48. The molecule has 0 fully saturated rings. The third-order valence-corrected chi connectivity index (χ3v) is 5.50. The van der Waals surface area contributed by atoms with E-state index in [4.69, 9.17) is 14.2 Å². The molecule has 34 heavy (non-hydrogen) atoms. The van der Waals surface area contributed by atoms with Gasteiger partial charge in [0, 0.05) is 11.6 Å². The van der Waals surface area contributed by atoms with Crippen molar-refractivity contribution in [2.45, 2.75) is 26.4 Å². The molecule has 5 nitrogen and oxygen atoms in total. The van der Waals surface area contributed by atoms with E-state index in [0.29, 0.717) is 39.6 Å². The molecular formula is C27H27BrFNO4. The van der Waals surface area contributed by atoms with Crippen LogP contribution in [-0.2, 0) is 11.4 Å². The number of carbonyl (C=O) groups excluding carboxylic acids is 1. The van der Waals surface area contributed by atoms with Crippen LogP contribution in [0.15, 0.2) is 71.2 Å². The fourth-order valence-electron chi connectivity index (χ4n) is 3.11. The van der Waals surface area contributed by atoms with E-state index in [1.54, 1.807) is 42.5 Å². The van der Waals surface area contributed by atoms with Crippen molar-refractivity contribution in [3.05, 3.63) is 88.2 Å². The molecule has 0 aliphatic carbocycles. The molecule has 3 rings (SSSR count). The van der Waals surface area contributed by atoms with E-state index < -0.39 is 0 Å². The molecule has 178 valence electrons. The van der Waals surface area contributed by atoms with Crippen molar-refractivity contribution < 1.29 is 23.4 Å². The monoisotopic (exact) mass is 527 g/mol. The molecule has 0 saturated heterocycles. The van der Waals surface area contributed by atoms with E-state index in [-0.39, 0.29) is 18.3 Å². The normalized spacial score (nSPS) is 10.8. The Morgan fingerprint density at radius 1 is 1.06 bits per heavy atom. The van der Waals surface area contributed by atoms with Crippen LogP contribution in [0.4, 0.5) is 10.1 Å². The molecule has 0 spiro atoms. The first-order valence-electron chi connectivity index (χ1n) is 11.0. The van der Waals surface area contributed by atoms with Gasteiger partial charge in [0.1, 0.15) is 18.2 Å². The molecule has 0 unspecified atom stereocenters. The summed E-state index contributed by atoms with van der Waals surface area (Å²) in [7, 11) is 1.52. The highest BCUT2D eigenvalue weighted by atomic mass is 79.9. The number of hydrogen-bond donors (Lipinski definition) is 1. The minimum atomic E-state index is -0.333. The van der Waals surface area contributed by atoms with Crippen LogP contribution in [0.25, 0.3) is 6.08 Å². The zero-order valence-corrected chi connectivity index (χ0v) is 20.7. The van der Waals surface area contributed by atoms with Gasteiger partial charge in [-0.2, -0.15) is 0 Å². The number of halogens is 2. The molecule has 0 bridgehead atoms. The van der Waals surface area contributed by atoms with Crippen LogP contribution >= 0.6 is 15.9 Å². The molecule has 7 heteroatoms. The number of para-hydroxylation sites is 2. The van der Waals surface area contributed by atoms with Crippen LogP contribution in [0.3, 0.4) is 0 Å². The second-order valence-corrected chi connectivity index (χ2v) is 8.29. The minimum absolute atomic E-state index is 0.0545. The van der Waals surface area contributed by atoms with E-state index in [0.717, 1.165) is 18.4 Å². The first kappa shape index (κ1) is 25.3. The number of methoxy groups -OCH3 is 1. The highest BCUT2D eigenvalue weighted by Gasteiger charge is 2.13. The minimum Gasteiger partial charge on any atom is -0.493 e. The SMILES string of the molecule is CCCCOc1ccccc1NC(=O)/C=C/c1cc(Br)c(OCc2ccccc2F)c(OC)c1. The lowest BCUT2D eigenvalue weighted by Gasteiger charge is -2.14. The van der Waals surface area contributed by atoms with Gasteiger partial charge in [0.15, 0.2) is 11.5 Å². The van der Waals surface area contributed by atoms with Gasteiger partial charge in [-0.15, -0.1) is 0 Å². The fraction of sp³-hybridized carbons (Fsp3) is 0.222. The summed E-state index contributed by atoms with van der Waals surface area (Å²) in [5.41, 5.74) is 1.78. The second-order valence-electron chi connectivity index (χ2n) is 7.43. The van der Waals surface area contributed by atoms with Gasteiger partial charge in [-0.1, -0.05) is 43.7 Å². The molecule has 1 N–H and O–H groups in total. The van der Waals surface area contributed by atoms with E-state index in [2.05, 4.69) is 28.2 Å². The lowest BCUT2D eigenvalue weighted by atomic mass is 10.1. The third kappa shape index (κ3) is 7.09. The van der Waals surface area contributed by atoms with Crippen molar-refractivity contribution in [1.82, 2.24) is 0 Å². The van der Waals surface area contributed by atoms with Crippen LogP contribution in [-0.4, -0.2) is 19.6 Å². The zero-order valence-electron chi connectivity index (χ0n) is 19.1. The number of unbranched alkanes of at least 4 members (excludes halogenated alkanes) is 1. The number of nitrogens with one attached hydrogen (secondary N) is 1. The molecule has 0 aromatic heterocycles. The van der Waals surface area contributed by atoms with Gasteiger partial charge in [0.25, 0.3) is 0 Å². The van der Waals surface area contributed by atoms with Crippen molar-refractivity contribution in [2.24, 2.45) is 0 Å². The molecule has 0 saturated carbocycles. The number of ether oxygens (including phenoxy) is 3. The van der Waals surface area contributed by atoms with Crippen LogP contribution < -0.4 is 19.5 Å². The summed E-state index contributed by atoms with van der Waals surface area (Å²) < 4.78 is 31.5. The first-order valence-corrected chi connectivity index (χ1v) is 11.8. The number of carbonyl (C=O) groups is 1. The number of amides is 1. The second kappa shape index (κ2) is 12.8. The summed E-state index contributed by atoms with van der Waals surface area (Å²) in [6.45, 7) is 2.74. The van der Waals surface area contributed by atoms with Crippen LogP contribution in [0, 0.1) is 5.82 Å². The van der Waals surface area contributed by atoms with Crippen molar-refractivity contribution >= 4 is 33.6 Å². The highest BCUT2D eigenvalue weighted by molar-refractivity contribution is 9.10. The van der Waals surface area contributed by atoms with Crippen LogP contribution in [0.1, 0.15) is 30.9 Å². The van der Waals surface area contributed by atoms with Crippen LogP contribution in [0.2, 0.25) is 0 Å². The Kier molecular flexibility index (Phi) is 9.52. The third-order valence-electron chi connectivity index (χ3n) is 4.91. The highest BCUT2D eigenvalue weighted by Crippen LogP contribution is 2.37. The summed E-state index contributed by atoms with van der Waals surface area (Å²) in [5.74, 6) is 0.923. The Morgan fingerprint density at radius 2 is 1.82 bits per heavy atom. The molecule has 0 heterocycles. The van der Waals surface area contributed by atoms with Gasteiger partial charge >= 0.3 is 0 Å². The Hall–Kier alpha value is -3.32. The van der Waals surface area contributed by atoms with Crippen LogP contribution in [0.5, 0.6) is 17.2 Å². The zero-order chi connectivity index (χ0) is 24.3. The summed E-state index contributed by atoms with van der Waals surface area (Å²) in [6, 6.07) is 17.3. The number of benzene rings is 3. The van der Waals surface area contributed by atoms with Gasteiger partial charge in [-0.05, 0) is 64.3 Å². The van der Waals surface area contributed by atoms with Crippen molar-refractivity contribution in [3.63, 3.8) is 0 Å². The summed E-state index contributed by atoms with van der Waals surface area (Å²) in [6.07, 6.45) is 5.08.